The Kier molecular flexibility index (Phi) is 2.68. The zero-order chi connectivity index (χ0) is 9.14. The van der Waals surface area contributed by atoms with Crippen LogP contribution in [0.4, 0.5) is 0 Å². The largest absolute Gasteiger partial charge is 0.508 e. The van der Waals surface area contributed by atoms with Crippen molar-refractivity contribution in [3.63, 3.8) is 0 Å². The Bertz CT molecular complexity index is 261. The van der Waals surface area contributed by atoms with Crippen LogP contribution in [0.1, 0.15) is 16.7 Å². The van der Waals surface area contributed by atoms with Gasteiger partial charge in [-0.1, -0.05) is 6.07 Å². The lowest BCUT2D eigenvalue weighted by molar-refractivity contribution is 0.161. The van der Waals surface area contributed by atoms with Crippen molar-refractivity contribution in [2.45, 2.75) is 20.4 Å². The van der Waals surface area contributed by atoms with Crippen LogP contribution in [0, 0.1) is 13.8 Å². The van der Waals surface area contributed by atoms with Crippen LogP contribution in [0.5, 0.6) is 5.75 Å². The Balaban J connectivity index is 3.04. The van der Waals surface area contributed by atoms with E-state index in [0.29, 0.717) is 6.54 Å². The van der Waals surface area contributed by atoms with Gasteiger partial charge in [0.15, 0.2) is 0 Å². The zero-order valence-corrected chi connectivity index (χ0v) is 7.26. The molecule has 0 aliphatic heterocycles. The lowest BCUT2D eigenvalue weighted by Crippen LogP contribution is -2.06. The normalized spacial score (nSPS) is 10.2. The molecule has 0 aliphatic carbocycles. The molecular weight excluding hydrogens is 154 g/mol. The van der Waals surface area contributed by atoms with E-state index in [1.54, 1.807) is 6.07 Å². The maximum absolute atomic E-state index is 9.40. The van der Waals surface area contributed by atoms with Crippen molar-refractivity contribution in [2.75, 3.05) is 0 Å². The van der Waals surface area contributed by atoms with E-state index in [9.17, 15) is 5.11 Å². The van der Waals surface area contributed by atoms with Crippen molar-refractivity contribution in [3.05, 3.63) is 28.8 Å². The predicted molar refractivity (Wildman–Crippen MR) is 46.2 cm³/mol. The second kappa shape index (κ2) is 3.56. The summed E-state index contributed by atoms with van der Waals surface area (Å²) in [5.41, 5.74) is 4.83. The zero-order valence-electron chi connectivity index (χ0n) is 7.26. The van der Waals surface area contributed by atoms with Crippen LogP contribution in [0.3, 0.4) is 0 Å². The minimum atomic E-state index is 0.278. The van der Waals surface area contributed by atoms with Gasteiger partial charge in [0.25, 0.3) is 0 Å². The first kappa shape index (κ1) is 9.03. The van der Waals surface area contributed by atoms with Crippen LogP contribution >= 0.6 is 0 Å². The molecule has 0 spiro atoms. The molecule has 1 rings (SSSR count). The third kappa shape index (κ3) is 1.75. The molecule has 0 radical (unpaired) electrons. The van der Waals surface area contributed by atoms with E-state index >= 15 is 0 Å². The van der Waals surface area contributed by atoms with Gasteiger partial charge in [-0.3, -0.25) is 0 Å². The van der Waals surface area contributed by atoms with Crippen LogP contribution < -0.4 is 5.48 Å². The Morgan fingerprint density at radius 1 is 1.33 bits per heavy atom. The number of hydroxylamine groups is 1. The number of aryl methyl sites for hydroxylation is 1. The Morgan fingerprint density at radius 3 is 2.50 bits per heavy atom. The lowest BCUT2D eigenvalue weighted by Gasteiger charge is -2.06. The van der Waals surface area contributed by atoms with Crippen LogP contribution in [0.25, 0.3) is 0 Å². The molecule has 12 heavy (non-hydrogen) atoms. The van der Waals surface area contributed by atoms with Crippen molar-refractivity contribution >= 4 is 0 Å². The predicted octanol–water partition coefficient (Wildman–Crippen LogP) is 1.49. The maximum atomic E-state index is 9.40. The molecule has 0 amide bonds. The summed E-state index contributed by atoms with van der Waals surface area (Å²) < 4.78 is 0. The lowest BCUT2D eigenvalue weighted by atomic mass is 10.1. The minimum Gasteiger partial charge on any atom is -0.508 e. The average molecular weight is 167 g/mol. The molecule has 0 bridgehead atoms. The molecule has 0 unspecified atom stereocenters. The monoisotopic (exact) mass is 167 g/mol. The van der Waals surface area contributed by atoms with E-state index in [4.69, 9.17) is 5.21 Å². The highest BCUT2D eigenvalue weighted by atomic mass is 16.5. The molecule has 0 aromatic heterocycles. The first-order chi connectivity index (χ1) is 5.65. The summed E-state index contributed by atoms with van der Waals surface area (Å²) in [5, 5.41) is 17.8. The number of phenolic OH excluding ortho intramolecular Hbond substituents is 1. The van der Waals surface area contributed by atoms with E-state index in [2.05, 4.69) is 0 Å². The fourth-order valence-corrected chi connectivity index (χ4v) is 1.11. The summed E-state index contributed by atoms with van der Waals surface area (Å²) in [6.07, 6.45) is 0. The SMILES string of the molecule is Cc1cc(CNO)cc(O)c1C. The fourth-order valence-electron chi connectivity index (χ4n) is 1.11. The second-order valence-corrected chi connectivity index (χ2v) is 2.89. The summed E-state index contributed by atoms with van der Waals surface area (Å²) in [5.74, 6) is 0.278. The molecular formula is C9H13NO2. The minimum absolute atomic E-state index is 0.278. The van der Waals surface area contributed by atoms with Crippen LogP contribution in [0.2, 0.25) is 0 Å². The van der Waals surface area contributed by atoms with E-state index in [0.717, 1.165) is 16.7 Å². The summed E-state index contributed by atoms with van der Waals surface area (Å²) in [6, 6.07) is 3.57. The Labute approximate surface area is 71.6 Å². The summed E-state index contributed by atoms with van der Waals surface area (Å²) in [7, 11) is 0. The highest BCUT2D eigenvalue weighted by Gasteiger charge is 2.01. The summed E-state index contributed by atoms with van der Waals surface area (Å²) >= 11 is 0. The van der Waals surface area contributed by atoms with Crippen molar-refractivity contribution in [1.82, 2.24) is 5.48 Å². The third-order valence-electron chi connectivity index (χ3n) is 1.98. The van der Waals surface area contributed by atoms with Gasteiger partial charge in [0.05, 0.1) is 0 Å². The van der Waals surface area contributed by atoms with Crippen molar-refractivity contribution in [2.24, 2.45) is 0 Å². The van der Waals surface area contributed by atoms with E-state index in [1.807, 2.05) is 25.4 Å². The van der Waals surface area contributed by atoms with Crippen molar-refractivity contribution in [3.8, 4) is 5.75 Å². The van der Waals surface area contributed by atoms with Gasteiger partial charge in [0.2, 0.25) is 0 Å². The third-order valence-corrected chi connectivity index (χ3v) is 1.98. The molecule has 0 aliphatic rings. The van der Waals surface area contributed by atoms with Gasteiger partial charge in [-0.05, 0) is 36.6 Å². The molecule has 3 heteroatoms. The van der Waals surface area contributed by atoms with Gasteiger partial charge in [-0.15, -0.1) is 0 Å². The maximum Gasteiger partial charge on any atom is 0.119 e. The summed E-state index contributed by atoms with van der Waals surface area (Å²) in [4.78, 5) is 0. The molecule has 0 heterocycles. The number of aromatic hydroxyl groups is 1. The molecule has 0 atom stereocenters. The van der Waals surface area contributed by atoms with Gasteiger partial charge in [-0.25, -0.2) is 5.48 Å². The number of rotatable bonds is 2. The van der Waals surface area contributed by atoms with E-state index in [1.165, 1.54) is 0 Å². The van der Waals surface area contributed by atoms with Crippen LogP contribution in [-0.4, -0.2) is 10.3 Å². The highest BCUT2D eigenvalue weighted by Crippen LogP contribution is 2.21. The first-order valence-corrected chi connectivity index (χ1v) is 3.81. The molecule has 1 aromatic carbocycles. The van der Waals surface area contributed by atoms with Gasteiger partial charge >= 0.3 is 0 Å². The number of benzene rings is 1. The second-order valence-electron chi connectivity index (χ2n) is 2.89. The number of hydrogen-bond donors (Lipinski definition) is 3. The van der Waals surface area contributed by atoms with Gasteiger partial charge in [0, 0.05) is 6.54 Å². The smallest absolute Gasteiger partial charge is 0.119 e. The average Bonchev–Trinajstić information content (AvgIpc) is 2.01. The van der Waals surface area contributed by atoms with Crippen LogP contribution in [0.15, 0.2) is 12.1 Å². The molecule has 1 aromatic rings. The van der Waals surface area contributed by atoms with Gasteiger partial charge < -0.3 is 10.3 Å². The number of hydrogen-bond acceptors (Lipinski definition) is 3. The van der Waals surface area contributed by atoms with E-state index in [-0.39, 0.29) is 5.75 Å². The molecule has 0 fully saturated rings. The number of nitrogens with one attached hydrogen (secondary N) is 1. The molecule has 3 nitrogen and oxygen atoms in total. The quantitative estimate of drug-likeness (QED) is 0.585. The molecule has 0 saturated heterocycles. The van der Waals surface area contributed by atoms with Gasteiger partial charge in [0.1, 0.15) is 5.75 Å². The van der Waals surface area contributed by atoms with E-state index < -0.39 is 0 Å². The van der Waals surface area contributed by atoms with Gasteiger partial charge in [-0.2, -0.15) is 0 Å². The first-order valence-electron chi connectivity index (χ1n) is 3.81. The van der Waals surface area contributed by atoms with Crippen molar-refractivity contribution in [1.29, 1.82) is 0 Å². The Morgan fingerprint density at radius 2 is 2.00 bits per heavy atom. The highest BCUT2D eigenvalue weighted by molar-refractivity contribution is 5.41. The molecule has 66 valence electrons. The fraction of sp³-hybridized carbons (Fsp3) is 0.333. The number of phenols is 1. The van der Waals surface area contributed by atoms with Crippen molar-refractivity contribution < 1.29 is 10.3 Å². The Hall–Kier alpha value is -1.06. The molecule has 0 saturated carbocycles. The topological polar surface area (TPSA) is 52.5 Å². The summed E-state index contributed by atoms with van der Waals surface area (Å²) in [6.45, 7) is 4.14. The standard InChI is InChI=1S/C9H13NO2/c1-6-3-8(5-10-12)4-9(11)7(6)2/h3-4,10-12H,5H2,1-2H3. The van der Waals surface area contributed by atoms with Crippen LogP contribution in [-0.2, 0) is 6.54 Å². The molecule has 3 N–H and O–H groups in total.